The highest BCUT2D eigenvalue weighted by Crippen LogP contribution is 2.26. The van der Waals surface area contributed by atoms with Gasteiger partial charge >= 0.3 is 0 Å². The number of fused-ring (bicyclic) bond motifs is 6. The van der Waals surface area contributed by atoms with Crippen LogP contribution in [0.5, 0.6) is 0 Å². The molecule has 2 aromatic heterocycles. The fourth-order valence-electron chi connectivity index (χ4n) is 2.12. The Morgan fingerprint density at radius 1 is 0.737 bits per heavy atom. The number of aromatic nitrogens is 4. The van der Waals surface area contributed by atoms with Gasteiger partial charge in [-0.05, 0) is 10.3 Å². The number of ether oxygens (including phenoxy) is 2. The van der Waals surface area contributed by atoms with Crippen LogP contribution in [0.1, 0.15) is 11.4 Å². The van der Waals surface area contributed by atoms with Crippen molar-refractivity contribution in [3.05, 3.63) is 11.4 Å². The summed E-state index contributed by atoms with van der Waals surface area (Å²) in [6, 6.07) is 0. The number of hydrogen-bond donors (Lipinski definition) is 0. The molecular formula is C9H10N6O4. The Hall–Kier alpha value is -2.20. The van der Waals surface area contributed by atoms with Crippen LogP contribution in [0.25, 0.3) is 0 Å². The summed E-state index contributed by atoms with van der Waals surface area (Å²) >= 11 is 0. The number of hydrogen-bond acceptors (Lipinski definition) is 10. The van der Waals surface area contributed by atoms with Crippen LogP contribution in [0.2, 0.25) is 0 Å². The van der Waals surface area contributed by atoms with Gasteiger partial charge in [0.15, 0.2) is 11.4 Å². The van der Waals surface area contributed by atoms with Crippen molar-refractivity contribution < 1.29 is 18.7 Å². The van der Waals surface area contributed by atoms with Gasteiger partial charge in [-0.1, -0.05) is 10.3 Å². The molecule has 4 rings (SSSR count). The maximum absolute atomic E-state index is 5.55. The minimum Gasteiger partial charge on any atom is -0.354 e. The van der Waals surface area contributed by atoms with Crippen LogP contribution >= 0.6 is 0 Å². The van der Waals surface area contributed by atoms with E-state index in [-0.39, 0.29) is 0 Å². The quantitative estimate of drug-likeness (QED) is 0.631. The lowest BCUT2D eigenvalue weighted by atomic mass is 10.3. The third kappa shape index (κ3) is 1.72. The molecule has 2 aromatic rings. The normalized spacial score (nSPS) is 18.9. The molecule has 0 unspecified atom stereocenters. The molecule has 4 heterocycles. The van der Waals surface area contributed by atoms with Crippen molar-refractivity contribution in [2.24, 2.45) is 0 Å². The summed E-state index contributed by atoms with van der Waals surface area (Å²) in [6.07, 6.45) is 0. The van der Waals surface area contributed by atoms with Crippen molar-refractivity contribution in [3.63, 3.8) is 0 Å². The molecule has 0 fully saturated rings. The standard InChI is InChI=1S/C9H10N6O4/c1-6-8(12-18-10-6)15-3-14(4-16-1)9-7(2-17-5-15)11-19-13-9/h1-5H2. The molecule has 10 nitrogen and oxygen atoms in total. The summed E-state index contributed by atoms with van der Waals surface area (Å²) in [5, 5.41) is 15.4. The molecule has 0 saturated heterocycles. The molecule has 19 heavy (non-hydrogen) atoms. The highest BCUT2D eigenvalue weighted by molar-refractivity contribution is 5.48. The predicted octanol–water partition coefficient (Wildman–Crippen LogP) is -0.302. The Balaban J connectivity index is 1.74. The maximum Gasteiger partial charge on any atom is 0.202 e. The van der Waals surface area contributed by atoms with Crippen LogP contribution < -0.4 is 9.80 Å². The molecule has 0 saturated carbocycles. The van der Waals surface area contributed by atoms with Crippen molar-refractivity contribution in [3.8, 4) is 0 Å². The topological polar surface area (TPSA) is 103 Å². The first-order chi connectivity index (χ1) is 9.42. The van der Waals surface area contributed by atoms with E-state index in [9.17, 15) is 0 Å². The van der Waals surface area contributed by atoms with Crippen LogP contribution in [-0.4, -0.2) is 40.8 Å². The average molecular weight is 266 g/mol. The van der Waals surface area contributed by atoms with Crippen LogP contribution in [0.4, 0.5) is 11.6 Å². The van der Waals surface area contributed by atoms with Crippen LogP contribution in [0.15, 0.2) is 9.26 Å². The van der Waals surface area contributed by atoms with E-state index in [4.69, 9.17) is 18.7 Å². The van der Waals surface area contributed by atoms with Crippen molar-refractivity contribution >= 4 is 11.6 Å². The summed E-state index contributed by atoms with van der Waals surface area (Å²) in [4.78, 5) is 3.79. The van der Waals surface area contributed by atoms with Crippen molar-refractivity contribution in [1.82, 2.24) is 20.6 Å². The first kappa shape index (κ1) is 10.7. The molecule has 2 bridgehead atoms. The summed E-state index contributed by atoms with van der Waals surface area (Å²) in [5.41, 5.74) is 1.31. The largest absolute Gasteiger partial charge is 0.354 e. The zero-order chi connectivity index (χ0) is 12.7. The minimum atomic E-state index is 0.312. The summed E-state index contributed by atoms with van der Waals surface area (Å²) in [5.74, 6) is 1.23. The highest BCUT2D eigenvalue weighted by Gasteiger charge is 2.29. The second-order valence-electron chi connectivity index (χ2n) is 4.25. The summed E-state index contributed by atoms with van der Waals surface area (Å²) < 4.78 is 20.6. The van der Waals surface area contributed by atoms with Gasteiger partial charge in [-0.15, -0.1) is 0 Å². The fourth-order valence-corrected chi connectivity index (χ4v) is 2.12. The molecule has 0 N–H and O–H groups in total. The van der Waals surface area contributed by atoms with E-state index < -0.39 is 0 Å². The Morgan fingerprint density at radius 3 is 1.79 bits per heavy atom. The monoisotopic (exact) mass is 266 g/mol. The minimum absolute atomic E-state index is 0.312. The van der Waals surface area contributed by atoms with Gasteiger partial charge in [-0.2, -0.15) is 0 Å². The van der Waals surface area contributed by atoms with E-state index in [1.807, 2.05) is 9.80 Å². The molecular weight excluding hydrogens is 256 g/mol. The van der Waals surface area contributed by atoms with Crippen LogP contribution in [0, 0.1) is 0 Å². The van der Waals surface area contributed by atoms with Crippen LogP contribution in [0.3, 0.4) is 0 Å². The first-order valence-corrected chi connectivity index (χ1v) is 5.70. The van der Waals surface area contributed by atoms with Crippen molar-refractivity contribution in [2.45, 2.75) is 13.2 Å². The van der Waals surface area contributed by atoms with E-state index >= 15 is 0 Å². The van der Waals surface area contributed by atoms with Gasteiger partial charge in [0, 0.05) is 0 Å². The molecule has 0 aromatic carbocycles. The van der Waals surface area contributed by atoms with Crippen molar-refractivity contribution in [1.29, 1.82) is 0 Å². The Bertz CT molecular complexity index is 533. The van der Waals surface area contributed by atoms with Gasteiger partial charge in [-0.25, -0.2) is 9.26 Å². The number of anilines is 2. The van der Waals surface area contributed by atoms with Gasteiger partial charge < -0.3 is 19.3 Å². The fraction of sp³-hybridized carbons (Fsp3) is 0.556. The number of rotatable bonds is 0. The van der Waals surface area contributed by atoms with Crippen molar-refractivity contribution in [2.75, 3.05) is 29.9 Å². The molecule has 2 aliphatic rings. The zero-order valence-corrected chi connectivity index (χ0v) is 9.85. The SMILES string of the molecule is C1OCN2CN(COCc3nonc32)c2nonc21. The van der Waals surface area contributed by atoms with E-state index in [0.29, 0.717) is 56.4 Å². The second-order valence-corrected chi connectivity index (χ2v) is 4.25. The lowest BCUT2D eigenvalue weighted by Crippen LogP contribution is -2.44. The summed E-state index contributed by atoms with van der Waals surface area (Å²) in [7, 11) is 0. The predicted molar refractivity (Wildman–Crippen MR) is 57.7 cm³/mol. The average Bonchev–Trinajstić information content (AvgIpc) is 2.99. The van der Waals surface area contributed by atoms with Gasteiger partial charge in [0.05, 0.1) is 19.9 Å². The van der Waals surface area contributed by atoms with Gasteiger partial charge in [-0.3, -0.25) is 0 Å². The van der Waals surface area contributed by atoms with Gasteiger partial charge in [0.1, 0.15) is 13.5 Å². The smallest absolute Gasteiger partial charge is 0.202 e. The molecule has 0 atom stereocenters. The Morgan fingerprint density at radius 2 is 1.26 bits per heavy atom. The molecule has 0 spiro atoms. The first-order valence-electron chi connectivity index (χ1n) is 5.70. The van der Waals surface area contributed by atoms with Gasteiger partial charge in [0.25, 0.3) is 0 Å². The highest BCUT2D eigenvalue weighted by atomic mass is 16.6. The molecule has 0 radical (unpaired) electrons. The third-order valence-electron chi connectivity index (χ3n) is 2.99. The van der Waals surface area contributed by atoms with Gasteiger partial charge in [0.2, 0.25) is 11.6 Å². The third-order valence-corrected chi connectivity index (χ3v) is 2.99. The lowest BCUT2D eigenvalue weighted by Gasteiger charge is -2.33. The second kappa shape index (κ2) is 4.17. The molecule has 100 valence electrons. The molecule has 0 aliphatic carbocycles. The number of nitrogens with zero attached hydrogens (tertiary/aromatic N) is 6. The lowest BCUT2D eigenvalue weighted by molar-refractivity contribution is 0.0917. The Kier molecular flexibility index (Phi) is 2.35. The Labute approximate surface area is 106 Å². The summed E-state index contributed by atoms with van der Waals surface area (Å²) in [6.45, 7) is 1.80. The molecule has 0 amide bonds. The van der Waals surface area contributed by atoms with E-state index in [1.165, 1.54) is 0 Å². The van der Waals surface area contributed by atoms with E-state index in [2.05, 4.69) is 20.6 Å². The van der Waals surface area contributed by atoms with E-state index in [0.717, 1.165) is 0 Å². The zero-order valence-electron chi connectivity index (χ0n) is 9.85. The molecule has 10 heteroatoms. The molecule has 2 aliphatic heterocycles. The maximum atomic E-state index is 5.55. The van der Waals surface area contributed by atoms with Crippen LogP contribution in [-0.2, 0) is 22.7 Å². The van der Waals surface area contributed by atoms with E-state index in [1.54, 1.807) is 0 Å².